The molecule has 0 amide bonds. The van der Waals surface area contributed by atoms with Crippen LogP contribution in [0.25, 0.3) is 0 Å². The van der Waals surface area contributed by atoms with Gasteiger partial charge in [-0.1, -0.05) is 20.8 Å². The Labute approximate surface area is 77.4 Å². The van der Waals surface area contributed by atoms with E-state index in [0.29, 0.717) is 0 Å². The van der Waals surface area contributed by atoms with E-state index >= 15 is 0 Å². The van der Waals surface area contributed by atoms with Crippen LogP contribution in [-0.4, -0.2) is 14.3 Å². The summed E-state index contributed by atoms with van der Waals surface area (Å²) in [7, 11) is 0. The molecule has 74 valence electrons. The maximum absolute atomic E-state index is 10.4. The average Bonchev–Trinajstić information content (AvgIpc) is 1.48. The lowest BCUT2D eigenvalue weighted by molar-refractivity contribution is 0.268. The van der Waals surface area contributed by atoms with Gasteiger partial charge in [0.2, 0.25) is 0 Å². The molecule has 0 saturated heterocycles. The van der Waals surface area contributed by atoms with Gasteiger partial charge in [0.1, 0.15) is 0 Å². The highest BCUT2D eigenvalue weighted by atomic mass is 32.2. The summed E-state index contributed by atoms with van der Waals surface area (Å²) in [6.07, 6.45) is 0.813. The van der Waals surface area contributed by atoms with Crippen LogP contribution in [0, 0.1) is 5.41 Å². The largest absolute Gasteiger partial charge is 0.760 e. The molecule has 0 fully saturated rings. The Bertz CT molecular complexity index is 172. The molecule has 0 aliphatic heterocycles. The molecule has 3 nitrogen and oxygen atoms in total. The second-order valence-electron chi connectivity index (χ2n) is 4.96. The molecular weight excluding hydrogens is 174 g/mol. The zero-order valence-corrected chi connectivity index (χ0v) is 9.25. The van der Waals surface area contributed by atoms with Gasteiger partial charge in [-0.05, 0) is 25.7 Å². The van der Waals surface area contributed by atoms with Crippen LogP contribution < -0.4 is 4.72 Å². The third-order valence-corrected chi connectivity index (χ3v) is 2.05. The Kier molecular flexibility index (Phi) is 3.87. The summed E-state index contributed by atoms with van der Waals surface area (Å²) in [5.41, 5.74) is -0.221. The third-order valence-electron chi connectivity index (χ3n) is 1.33. The SMILES string of the molecule is CC(C)(C)CC(C)(C)NS(=O)[O-]. The topological polar surface area (TPSA) is 52.2 Å². The van der Waals surface area contributed by atoms with E-state index in [2.05, 4.69) is 25.5 Å². The van der Waals surface area contributed by atoms with E-state index in [1.165, 1.54) is 0 Å². The van der Waals surface area contributed by atoms with Gasteiger partial charge in [-0.2, -0.15) is 0 Å². The fourth-order valence-corrected chi connectivity index (χ4v) is 2.11. The van der Waals surface area contributed by atoms with Crippen molar-refractivity contribution in [3.63, 3.8) is 0 Å². The van der Waals surface area contributed by atoms with Gasteiger partial charge in [0, 0.05) is 16.8 Å². The number of rotatable bonds is 3. The highest BCUT2D eigenvalue weighted by molar-refractivity contribution is 7.77. The van der Waals surface area contributed by atoms with Gasteiger partial charge in [0.25, 0.3) is 0 Å². The highest BCUT2D eigenvalue weighted by Crippen LogP contribution is 2.26. The minimum absolute atomic E-state index is 0.135. The highest BCUT2D eigenvalue weighted by Gasteiger charge is 2.24. The summed E-state index contributed by atoms with van der Waals surface area (Å²) in [5, 5.41) is 0. The van der Waals surface area contributed by atoms with E-state index in [1.54, 1.807) is 0 Å². The zero-order valence-electron chi connectivity index (χ0n) is 8.43. The van der Waals surface area contributed by atoms with Crippen LogP contribution >= 0.6 is 0 Å². The molecule has 1 N–H and O–H groups in total. The first-order valence-corrected chi connectivity index (χ1v) is 5.07. The van der Waals surface area contributed by atoms with Gasteiger partial charge in [-0.3, -0.25) is 4.21 Å². The van der Waals surface area contributed by atoms with E-state index < -0.39 is 11.3 Å². The summed E-state index contributed by atoms with van der Waals surface area (Å²) in [5.74, 6) is 0. The second kappa shape index (κ2) is 3.85. The van der Waals surface area contributed by atoms with Crippen LogP contribution in [-0.2, 0) is 11.3 Å². The molecule has 4 heteroatoms. The Morgan fingerprint density at radius 1 is 1.25 bits per heavy atom. The van der Waals surface area contributed by atoms with Gasteiger partial charge < -0.3 is 4.55 Å². The first-order valence-electron chi connectivity index (χ1n) is 3.99. The lowest BCUT2D eigenvalue weighted by Gasteiger charge is -2.33. The molecule has 0 saturated carbocycles. The van der Waals surface area contributed by atoms with Crippen molar-refractivity contribution in [2.45, 2.75) is 46.6 Å². The molecule has 0 aliphatic carbocycles. The molecule has 0 aromatic heterocycles. The molecule has 0 rings (SSSR count). The normalized spacial score (nSPS) is 16.2. The molecule has 0 radical (unpaired) electrons. The molecule has 0 aromatic rings. The lowest BCUT2D eigenvalue weighted by atomic mass is 9.82. The molecule has 0 aromatic carbocycles. The smallest absolute Gasteiger partial charge is 0.0244 e. The van der Waals surface area contributed by atoms with E-state index in [9.17, 15) is 8.76 Å². The molecule has 0 bridgehead atoms. The van der Waals surface area contributed by atoms with Gasteiger partial charge >= 0.3 is 0 Å². The van der Waals surface area contributed by atoms with E-state index in [-0.39, 0.29) is 11.0 Å². The second-order valence-corrected chi connectivity index (χ2v) is 5.63. The molecule has 1 atom stereocenters. The molecule has 0 heterocycles. The van der Waals surface area contributed by atoms with Gasteiger partial charge in [0.15, 0.2) is 0 Å². The third kappa shape index (κ3) is 6.76. The molecule has 12 heavy (non-hydrogen) atoms. The Morgan fingerprint density at radius 2 is 1.67 bits per heavy atom. The summed E-state index contributed by atoms with van der Waals surface area (Å²) in [6, 6.07) is 0. The first kappa shape index (κ1) is 12.1. The van der Waals surface area contributed by atoms with Crippen molar-refractivity contribution in [3.8, 4) is 0 Å². The monoisotopic (exact) mass is 192 g/mol. The Balaban J connectivity index is 4.13. The van der Waals surface area contributed by atoms with Crippen LogP contribution in [0.1, 0.15) is 41.0 Å². The van der Waals surface area contributed by atoms with Crippen molar-refractivity contribution in [2.24, 2.45) is 5.41 Å². The van der Waals surface area contributed by atoms with Crippen LogP contribution in [0.15, 0.2) is 0 Å². The van der Waals surface area contributed by atoms with Crippen molar-refractivity contribution >= 4 is 11.3 Å². The van der Waals surface area contributed by atoms with Crippen LogP contribution in [0.5, 0.6) is 0 Å². The summed E-state index contributed by atoms with van der Waals surface area (Å²) in [6.45, 7) is 10.0. The number of nitrogens with one attached hydrogen (secondary N) is 1. The van der Waals surface area contributed by atoms with Gasteiger partial charge in [-0.25, -0.2) is 4.72 Å². The standard InChI is InChI=1S/C8H19NO2S/c1-7(2,3)6-8(4,5)9-12(10)11/h9H,6H2,1-5H3,(H,10,11)/p-1. The first-order chi connectivity index (χ1) is 5.12. The lowest BCUT2D eigenvalue weighted by Crippen LogP contribution is -2.43. The number of hydrogen-bond donors (Lipinski definition) is 1. The molecular formula is C8H18NO2S-. The van der Waals surface area contributed by atoms with Crippen LogP contribution in [0.3, 0.4) is 0 Å². The molecule has 0 aliphatic rings. The van der Waals surface area contributed by atoms with Gasteiger partial charge in [0.05, 0.1) is 0 Å². The fourth-order valence-electron chi connectivity index (χ4n) is 1.59. The van der Waals surface area contributed by atoms with E-state index in [0.717, 1.165) is 6.42 Å². The van der Waals surface area contributed by atoms with Crippen molar-refractivity contribution in [3.05, 3.63) is 0 Å². The van der Waals surface area contributed by atoms with Crippen LogP contribution in [0.2, 0.25) is 0 Å². The maximum Gasteiger partial charge on any atom is 0.0244 e. The quantitative estimate of drug-likeness (QED) is 0.690. The minimum atomic E-state index is -2.17. The minimum Gasteiger partial charge on any atom is -0.760 e. The average molecular weight is 192 g/mol. The van der Waals surface area contributed by atoms with Gasteiger partial charge in [-0.15, -0.1) is 0 Å². The Hall–Kier alpha value is 0.0700. The van der Waals surface area contributed by atoms with Crippen molar-refractivity contribution in [1.82, 2.24) is 4.72 Å². The Morgan fingerprint density at radius 3 is 1.92 bits per heavy atom. The van der Waals surface area contributed by atoms with Crippen molar-refractivity contribution in [1.29, 1.82) is 0 Å². The van der Waals surface area contributed by atoms with E-state index in [1.807, 2.05) is 13.8 Å². The van der Waals surface area contributed by atoms with E-state index in [4.69, 9.17) is 0 Å². The maximum atomic E-state index is 10.4. The van der Waals surface area contributed by atoms with Crippen molar-refractivity contribution in [2.75, 3.05) is 0 Å². The summed E-state index contributed by atoms with van der Waals surface area (Å²) >= 11 is -2.17. The fraction of sp³-hybridized carbons (Fsp3) is 1.00. The van der Waals surface area contributed by atoms with Crippen LogP contribution in [0.4, 0.5) is 0 Å². The molecule has 0 spiro atoms. The van der Waals surface area contributed by atoms with Crippen molar-refractivity contribution < 1.29 is 8.76 Å². The number of hydrogen-bond acceptors (Lipinski definition) is 2. The zero-order chi connectivity index (χ0) is 9.99. The predicted octanol–water partition coefficient (Wildman–Crippen LogP) is 1.58. The summed E-state index contributed by atoms with van der Waals surface area (Å²) in [4.78, 5) is 0. The predicted molar refractivity (Wildman–Crippen MR) is 50.2 cm³/mol. The molecule has 1 unspecified atom stereocenters. The summed E-state index contributed by atoms with van der Waals surface area (Å²) < 4.78 is 23.3.